The van der Waals surface area contributed by atoms with Crippen LogP contribution in [0.15, 0.2) is 35.5 Å². The summed E-state index contributed by atoms with van der Waals surface area (Å²) in [5.74, 6) is -1.18. The summed E-state index contributed by atoms with van der Waals surface area (Å²) < 4.78 is 0. The molecule has 1 rings (SSSR count). The van der Waals surface area contributed by atoms with Gasteiger partial charge in [0.05, 0.1) is 0 Å². The summed E-state index contributed by atoms with van der Waals surface area (Å²) in [6.07, 6.45) is 0.152. The van der Waals surface area contributed by atoms with Crippen molar-refractivity contribution < 1.29 is 9.90 Å². The molecule has 1 aromatic carbocycles. The second-order valence-electron chi connectivity index (χ2n) is 2.65. The molecule has 1 aromatic rings. The van der Waals surface area contributed by atoms with Crippen LogP contribution in [0.4, 0.5) is 0 Å². The summed E-state index contributed by atoms with van der Waals surface area (Å²) in [7, 11) is 0. The molecule has 0 aliphatic carbocycles. The fourth-order valence-corrected chi connectivity index (χ4v) is 1.01. The Kier molecular flexibility index (Phi) is 6.36. The van der Waals surface area contributed by atoms with Crippen molar-refractivity contribution in [2.24, 2.45) is 5.18 Å². The van der Waals surface area contributed by atoms with Crippen LogP contribution in [0, 0.1) is 4.91 Å². The van der Waals surface area contributed by atoms with Gasteiger partial charge in [0.1, 0.15) is 0 Å². The number of hydrogen-bond donors (Lipinski definition) is 1. The molecule has 5 heteroatoms. The predicted molar refractivity (Wildman–Crippen MR) is 54.5 cm³/mol. The van der Waals surface area contributed by atoms with Crippen LogP contribution in [-0.4, -0.2) is 46.7 Å². The Balaban J connectivity index is 0.00000169. The number of rotatable bonds is 4. The van der Waals surface area contributed by atoms with Gasteiger partial charge in [0.25, 0.3) is 0 Å². The van der Waals surface area contributed by atoms with Gasteiger partial charge in [-0.1, -0.05) is 35.5 Å². The zero-order valence-corrected chi connectivity index (χ0v) is 6.88. The second kappa shape index (κ2) is 6.70. The standard InChI is InChI=1S/C9H9NO3.Na.H/c11-9(12)8(10-13)6-7-4-2-1-3-5-7;;/h1-5,8H,6H2,(H,11,12);;/t8-;;/m0../s1. The minimum atomic E-state index is -1.18. The van der Waals surface area contributed by atoms with Crippen LogP contribution in [-0.2, 0) is 11.2 Å². The van der Waals surface area contributed by atoms with Gasteiger partial charge in [-0.3, -0.25) is 0 Å². The van der Waals surface area contributed by atoms with E-state index in [1.165, 1.54) is 0 Å². The van der Waals surface area contributed by atoms with Gasteiger partial charge in [-0.25, -0.2) is 4.79 Å². The number of carboxylic acid groups (broad SMARTS) is 1. The molecule has 0 saturated heterocycles. The normalized spacial score (nSPS) is 11.1. The summed E-state index contributed by atoms with van der Waals surface area (Å²) in [6, 6.07) is 7.76. The number of carbonyl (C=O) groups is 1. The van der Waals surface area contributed by atoms with Gasteiger partial charge in [0.15, 0.2) is 6.04 Å². The first-order valence-electron chi connectivity index (χ1n) is 3.83. The molecule has 0 aromatic heterocycles. The summed E-state index contributed by atoms with van der Waals surface area (Å²) in [6.45, 7) is 0. The van der Waals surface area contributed by atoms with E-state index in [4.69, 9.17) is 5.11 Å². The molecule has 1 N–H and O–H groups in total. The first-order valence-corrected chi connectivity index (χ1v) is 3.83. The van der Waals surface area contributed by atoms with E-state index < -0.39 is 12.0 Å². The fraction of sp³-hybridized carbons (Fsp3) is 0.222. The van der Waals surface area contributed by atoms with Gasteiger partial charge < -0.3 is 5.11 Å². The predicted octanol–water partition coefficient (Wildman–Crippen LogP) is 0.800. The van der Waals surface area contributed by atoms with E-state index in [9.17, 15) is 9.70 Å². The van der Waals surface area contributed by atoms with Gasteiger partial charge in [-0.15, -0.1) is 4.91 Å². The zero-order chi connectivity index (χ0) is 9.68. The van der Waals surface area contributed by atoms with Gasteiger partial charge in [0.2, 0.25) is 0 Å². The molecule has 4 nitrogen and oxygen atoms in total. The number of nitrogens with zero attached hydrogens (tertiary/aromatic N) is 1. The van der Waals surface area contributed by atoms with E-state index in [0.717, 1.165) is 5.56 Å². The van der Waals surface area contributed by atoms with Crippen molar-refractivity contribution in [2.75, 3.05) is 0 Å². The van der Waals surface area contributed by atoms with Crippen LogP contribution in [0.25, 0.3) is 0 Å². The summed E-state index contributed by atoms with van der Waals surface area (Å²) in [4.78, 5) is 20.6. The molecule has 14 heavy (non-hydrogen) atoms. The van der Waals surface area contributed by atoms with Crippen molar-refractivity contribution in [3.8, 4) is 0 Å². The van der Waals surface area contributed by atoms with Gasteiger partial charge >= 0.3 is 35.5 Å². The molecule has 0 saturated carbocycles. The summed E-state index contributed by atoms with van der Waals surface area (Å²) in [5.41, 5.74) is 0.800. The van der Waals surface area contributed by atoms with Crippen LogP contribution in [0.3, 0.4) is 0 Å². The van der Waals surface area contributed by atoms with Crippen molar-refractivity contribution in [3.05, 3.63) is 40.8 Å². The SMILES string of the molecule is O=N[C@@H](Cc1ccccc1)C(=O)O.[NaH]. The van der Waals surface area contributed by atoms with E-state index in [2.05, 4.69) is 5.18 Å². The monoisotopic (exact) mass is 203 g/mol. The number of carboxylic acids is 1. The van der Waals surface area contributed by atoms with E-state index in [-0.39, 0.29) is 36.0 Å². The zero-order valence-electron chi connectivity index (χ0n) is 6.88. The van der Waals surface area contributed by atoms with Crippen molar-refractivity contribution in [1.29, 1.82) is 0 Å². The molecule has 0 heterocycles. The Morgan fingerprint density at radius 1 is 1.36 bits per heavy atom. The van der Waals surface area contributed by atoms with E-state index in [0.29, 0.717) is 0 Å². The van der Waals surface area contributed by atoms with Gasteiger partial charge in [-0.2, -0.15) is 0 Å². The maximum absolute atomic E-state index is 10.4. The Hall–Kier alpha value is -0.710. The van der Waals surface area contributed by atoms with Crippen LogP contribution in [0.2, 0.25) is 0 Å². The van der Waals surface area contributed by atoms with Crippen molar-refractivity contribution in [2.45, 2.75) is 12.5 Å². The Labute approximate surface area is 104 Å². The topological polar surface area (TPSA) is 66.7 Å². The molecule has 70 valence electrons. The van der Waals surface area contributed by atoms with Gasteiger partial charge in [0, 0.05) is 6.42 Å². The van der Waals surface area contributed by atoms with Crippen LogP contribution < -0.4 is 0 Å². The molecule has 0 radical (unpaired) electrons. The fourth-order valence-electron chi connectivity index (χ4n) is 1.01. The first kappa shape index (κ1) is 13.3. The molecular weight excluding hydrogens is 193 g/mol. The maximum atomic E-state index is 10.4. The van der Waals surface area contributed by atoms with E-state index >= 15 is 0 Å². The van der Waals surface area contributed by atoms with Gasteiger partial charge in [-0.05, 0) is 5.56 Å². The third-order valence-electron chi connectivity index (χ3n) is 1.68. The number of benzene rings is 1. The molecule has 0 aliphatic rings. The van der Waals surface area contributed by atoms with Crippen LogP contribution in [0.5, 0.6) is 0 Å². The van der Waals surface area contributed by atoms with Crippen LogP contribution in [0.1, 0.15) is 5.56 Å². The molecular formula is C9H10NNaO3. The Bertz CT molecular complexity index is 302. The number of nitroso groups, excluding NO2 is 1. The van der Waals surface area contributed by atoms with Crippen LogP contribution >= 0.6 is 0 Å². The van der Waals surface area contributed by atoms with Crippen molar-refractivity contribution in [1.82, 2.24) is 0 Å². The minimum absolute atomic E-state index is 0. The van der Waals surface area contributed by atoms with Crippen molar-refractivity contribution in [3.63, 3.8) is 0 Å². The van der Waals surface area contributed by atoms with Crippen molar-refractivity contribution >= 4 is 35.5 Å². The quantitative estimate of drug-likeness (QED) is 0.581. The number of aliphatic carboxylic acids is 1. The molecule has 0 bridgehead atoms. The van der Waals surface area contributed by atoms with E-state index in [1.807, 2.05) is 6.07 Å². The number of hydrogen-bond acceptors (Lipinski definition) is 3. The molecule has 1 atom stereocenters. The van der Waals surface area contributed by atoms with E-state index in [1.54, 1.807) is 24.3 Å². The Morgan fingerprint density at radius 3 is 2.36 bits per heavy atom. The molecule has 0 aliphatic heterocycles. The second-order valence-corrected chi connectivity index (χ2v) is 2.65. The molecule has 0 spiro atoms. The third kappa shape index (κ3) is 4.00. The Morgan fingerprint density at radius 2 is 1.93 bits per heavy atom. The average Bonchev–Trinajstić information content (AvgIpc) is 2.15. The summed E-state index contributed by atoms with van der Waals surface area (Å²) >= 11 is 0. The first-order chi connectivity index (χ1) is 6.24. The average molecular weight is 203 g/mol. The molecule has 0 unspecified atom stereocenters. The molecule has 0 amide bonds. The summed E-state index contributed by atoms with van der Waals surface area (Å²) in [5, 5.41) is 11.1. The molecule has 0 fully saturated rings. The third-order valence-corrected chi connectivity index (χ3v) is 1.68.